The average Bonchev–Trinajstić information content (AvgIpc) is 3.22. The zero-order chi connectivity index (χ0) is 42.5. The molecule has 306 valence electrons. The number of carbonyl (C=O) groups is 3. The van der Waals surface area contributed by atoms with E-state index in [1.165, 1.54) is 0 Å². The Bertz CT molecular complexity index is 1940. The number of nitrogens with zero attached hydrogens (tertiary/aromatic N) is 6. The zero-order valence-corrected chi connectivity index (χ0v) is 34.8. The molecule has 0 fully saturated rings. The molecule has 0 aliphatic heterocycles. The lowest BCUT2D eigenvalue weighted by molar-refractivity contribution is -0.142. The average molecular weight is 789 g/mol. The van der Waals surface area contributed by atoms with Crippen LogP contribution >= 0.6 is 0 Å². The quantitative estimate of drug-likeness (QED) is 0.0454. The maximum Gasteiger partial charge on any atom is 0.333 e. The van der Waals surface area contributed by atoms with E-state index in [9.17, 15) is 14.4 Å². The fourth-order valence-corrected chi connectivity index (χ4v) is 5.82. The smallest absolute Gasteiger partial charge is 0.333 e. The van der Waals surface area contributed by atoms with Gasteiger partial charge in [-0.25, -0.2) is 14.4 Å². The summed E-state index contributed by atoms with van der Waals surface area (Å²) in [5.41, 5.74) is 0.937. The Morgan fingerprint density at radius 3 is 1.07 bits per heavy atom. The third kappa shape index (κ3) is 13.1. The van der Waals surface area contributed by atoms with E-state index in [1.54, 1.807) is 6.92 Å². The van der Waals surface area contributed by atoms with Gasteiger partial charge >= 0.3 is 17.9 Å². The summed E-state index contributed by atoms with van der Waals surface area (Å²) in [5.74, 6) is -0.502. The summed E-state index contributed by atoms with van der Waals surface area (Å²) < 4.78 is 16.8. The molecular weight excluding hydrogens is 733 g/mol. The molecule has 58 heavy (non-hydrogen) atoms. The highest BCUT2D eigenvalue weighted by Gasteiger charge is 2.33. The van der Waals surface area contributed by atoms with Gasteiger partial charge in [0.1, 0.15) is 0 Å². The molecule has 0 aliphatic rings. The first-order valence-electron chi connectivity index (χ1n) is 19.1. The van der Waals surface area contributed by atoms with Crippen LogP contribution in [0.25, 0.3) is 0 Å². The van der Waals surface area contributed by atoms with Gasteiger partial charge in [-0.15, -0.1) is 0 Å². The first-order valence-corrected chi connectivity index (χ1v) is 19.1. The van der Waals surface area contributed by atoms with Crippen LogP contribution in [0.3, 0.4) is 0 Å². The molecular formula is C46H56N6O6. The van der Waals surface area contributed by atoms with Crippen molar-refractivity contribution in [2.24, 2.45) is 16.2 Å². The molecule has 0 radical (unpaired) electrons. The SMILES string of the molecule is C=CC(=O)OCC(C)(C)CN(c1ccccc1)c1nc(N(CC(C)(C)COC(=O)C=C)c2ccccc2)nc(N(CC(C)(C)COC(=O)C(=C)C)c2ccccc2)n1. The predicted molar refractivity (Wildman–Crippen MR) is 230 cm³/mol. The van der Waals surface area contributed by atoms with E-state index in [4.69, 9.17) is 29.2 Å². The Balaban J connectivity index is 1.99. The standard InChI is InChI=1S/C46H56N6O6/c1-11-38(53)56-31-44(5,6)28-50(35-22-16-13-17-23-35)41-47-42(51(36-24-18-14-19-25-36)29-45(7,8)32-57-39(54)12-2)49-43(48-41)52(37-26-20-15-21-27-37)30-46(9,10)33-58-40(55)34(3)4/h11-27H,1-3,28-33H2,4-10H3. The number of aromatic nitrogens is 3. The Hall–Kier alpha value is -6.30. The van der Waals surface area contributed by atoms with Gasteiger partial charge in [-0.05, 0) is 43.3 Å². The number of carbonyl (C=O) groups excluding carboxylic acids is 3. The van der Waals surface area contributed by atoms with Gasteiger partial charge in [0.2, 0.25) is 17.8 Å². The lowest BCUT2D eigenvalue weighted by Gasteiger charge is -2.36. The van der Waals surface area contributed by atoms with E-state index < -0.39 is 34.2 Å². The van der Waals surface area contributed by atoms with Crippen LogP contribution in [-0.4, -0.2) is 72.3 Å². The third-order valence-corrected chi connectivity index (χ3v) is 8.77. The second kappa shape index (κ2) is 19.7. The van der Waals surface area contributed by atoms with E-state index in [2.05, 4.69) is 19.7 Å². The van der Waals surface area contributed by atoms with Crippen molar-refractivity contribution >= 4 is 52.8 Å². The van der Waals surface area contributed by atoms with E-state index in [0.717, 1.165) is 29.2 Å². The molecule has 0 spiro atoms. The number of hydrogen-bond acceptors (Lipinski definition) is 12. The number of rotatable bonds is 21. The van der Waals surface area contributed by atoms with Crippen molar-refractivity contribution in [2.45, 2.75) is 48.5 Å². The van der Waals surface area contributed by atoms with Crippen molar-refractivity contribution in [1.29, 1.82) is 0 Å². The highest BCUT2D eigenvalue weighted by molar-refractivity contribution is 5.87. The second-order valence-electron chi connectivity index (χ2n) is 16.5. The van der Waals surface area contributed by atoms with E-state index in [1.807, 2.05) is 147 Å². The van der Waals surface area contributed by atoms with E-state index >= 15 is 0 Å². The fraction of sp³-hybridized carbons (Fsp3) is 0.348. The minimum Gasteiger partial charge on any atom is -0.462 e. The van der Waals surface area contributed by atoms with Gasteiger partial charge in [-0.1, -0.05) is 116 Å². The van der Waals surface area contributed by atoms with Gasteiger partial charge in [0, 0.05) is 70.7 Å². The summed E-state index contributed by atoms with van der Waals surface area (Å²) in [6, 6.07) is 29.2. The van der Waals surface area contributed by atoms with Gasteiger partial charge in [-0.2, -0.15) is 15.0 Å². The summed E-state index contributed by atoms with van der Waals surface area (Å²) in [6.45, 7) is 25.8. The molecule has 0 amide bonds. The van der Waals surface area contributed by atoms with Crippen LogP contribution in [-0.2, 0) is 28.6 Å². The lowest BCUT2D eigenvalue weighted by atomic mass is 9.93. The highest BCUT2D eigenvalue weighted by Crippen LogP contribution is 2.36. The van der Waals surface area contributed by atoms with Gasteiger partial charge in [0.25, 0.3) is 0 Å². The second-order valence-corrected chi connectivity index (χ2v) is 16.5. The van der Waals surface area contributed by atoms with Crippen LogP contribution in [0.1, 0.15) is 48.5 Å². The summed E-state index contributed by atoms with van der Waals surface area (Å²) in [6.07, 6.45) is 2.29. The van der Waals surface area contributed by atoms with Crippen molar-refractivity contribution in [3.8, 4) is 0 Å². The molecule has 0 N–H and O–H groups in total. The topological polar surface area (TPSA) is 127 Å². The summed E-state index contributed by atoms with van der Waals surface area (Å²) >= 11 is 0. The van der Waals surface area contributed by atoms with Crippen molar-refractivity contribution in [3.63, 3.8) is 0 Å². The molecule has 12 heteroatoms. The Morgan fingerprint density at radius 2 is 0.810 bits per heavy atom. The number of ether oxygens (including phenoxy) is 3. The molecule has 0 bridgehead atoms. The third-order valence-electron chi connectivity index (χ3n) is 8.77. The number of benzene rings is 3. The molecule has 0 unspecified atom stereocenters. The number of esters is 3. The first-order chi connectivity index (χ1) is 27.4. The molecule has 0 saturated carbocycles. The number of anilines is 6. The van der Waals surface area contributed by atoms with Crippen molar-refractivity contribution in [3.05, 3.63) is 128 Å². The number of hydrogen-bond donors (Lipinski definition) is 0. The molecule has 0 aliphatic carbocycles. The number of para-hydroxylation sites is 3. The van der Waals surface area contributed by atoms with E-state index in [0.29, 0.717) is 43.1 Å². The van der Waals surface area contributed by atoms with Crippen LogP contribution in [0, 0.1) is 16.2 Å². The summed E-state index contributed by atoms with van der Waals surface area (Å²) in [4.78, 5) is 58.5. The minimum atomic E-state index is -0.597. The first kappa shape index (κ1) is 44.4. The normalized spacial score (nSPS) is 11.5. The van der Waals surface area contributed by atoms with Gasteiger partial charge < -0.3 is 28.9 Å². The molecule has 1 heterocycles. The van der Waals surface area contributed by atoms with Crippen LogP contribution in [0.4, 0.5) is 34.9 Å². The van der Waals surface area contributed by atoms with Gasteiger partial charge in [-0.3, -0.25) is 0 Å². The highest BCUT2D eigenvalue weighted by atomic mass is 16.5. The Kier molecular flexibility index (Phi) is 15.1. The fourth-order valence-electron chi connectivity index (χ4n) is 5.82. The summed E-state index contributed by atoms with van der Waals surface area (Å²) in [7, 11) is 0. The summed E-state index contributed by atoms with van der Waals surface area (Å²) in [5, 5.41) is 0. The molecule has 1 aromatic heterocycles. The zero-order valence-electron chi connectivity index (χ0n) is 34.8. The van der Waals surface area contributed by atoms with Crippen LogP contribution < -0.4 is 14.7 Å². The van der Waals surface area contributed by atoms with E-state index in [-0.39, 0.29) is 19.8 Å². The molecule has 4 aromatic rings. The molecule has 0 atom stereocenters. The Morgan fingerprint density at radius 1 is 0.534 bits per heavy atom. The van der Waals surface area contributed by atoms with Crippen molar-refractivity contribution < 1.29 is 28.6 Å². The maximum absolute atomic E-state index is 12.5. The van der Waals surface area contributed by atoms with Crippen LogP contribution in [0.15, 0.2) is 128 Å². The molecule has 3 aromatic carbocycles. The van der Waals surface area contributed by atoms with Crippen molar-refractivity contribution in [1.82, 2.24) is 15.0 Å². The van der Waals surface area contributed by atoms with Crippen LogP contribution in [0.5, 0.6) is 0 Å². The van der Waals surface area contributed by atoms with Crippen LogP contribution in [0.2, 0.25) is 0 Å². The minimum absolute atomic E-state index is 0.104. The largest absolute Gasteiger partial charge is 0.462 e. The molecule has 0 saturated heterocycles. The molecule has 12 nitrogen and oxygen atoms in total. The molecule has 4 rings (SSSR count). The monoisotopic (exact) mass is 788 g/mol. The lowest BCUT2D eigenvalue weighted by Crippen LogP contribution is -2.39. The van der Waals surface area contributed by atoms with Gasteiger partial charge in [0.15, 0.2) is 0 Å². The maximum atomic E-state index is 12.5. The predicted octanol–water partition coefficient (Wildman–Crippen LogP) is 8.94. The van der Waals surface area contributed by atoms with Crippen molar-refractivity contribution in [2.75, 3.05) is 54.2 Å². The van der Waals surface area contributed by atoms with Gasteiger partial charge in [0.05, 0.1) is 19.8 Å². The Labute approximate surface area is 342 Å².